The molecule has 3 nitrogen and oxygen atoms in total. The third-order valence-corrected chi connectivity index (χ3v) is 3.73. The monoisotopic (exact) mass is 185 g/mol. The minimum Gasteiger partial charge on any atom is -0.480 e. The van der Waals surface area contributed by atoms with Gasteiger partial charge < -0.3 is 10.8 Å². The first-order valence-electron chi connectivity index (χ1n) is 4.73. The summed E-state index contributed by atoms with van der Waals surface area (Å²) in [6.45, 7) is 8.21. The maximum Gasteiger partial charge on any atom is 0.324 e. The van der Waals surface area contributed by atoms with Gasteiger partial charge in [-0.1, -0.05) is 27.7 Å². The van der Waals surface area contributed by atoms with E-state index in [-0.39, 0.29) is 10.8 Å². The average molecular weight is 185 g/mol. The second kappa shape index (κ2) is 2.47. The van der Waals surface area contributed by atoms with Gasteiger partial charge in [0.2, 0.25) is 0 Å². The largest absolute Gasteiger partial charge is 0.480 e. The van der Waals surface area contributed by atoms with E-state index in [0.29, 0.717) is 6.42 Å². The van der Waals surface area contributed by atoms with Gasteiger partial charge >= 0.3 is 5.97 Å². The van der Waals surface area contributed by atoms with Crippen LogP contribution < -0.4 is 5.73 Å². The van der Waals surface area contributed by atoms with Crippen molar-refractivity contribution >= 4 is 5.97 Å². The van der Waals surface area contributed by atoms with Gasteiger partial charge in [-0.25, -0.2) is 0 Å². The fourth-order valence-corrected chi connectivity index (χ4v) is 2.62. The molecule has 0 amide bonds. The van der Waals surface area contributed by atoms with Crippen LogP contribution in [-0.2, 0) is 4.79 Å². The Kier molecular flexibility index (Phi) is 2.00. The Morgan fingerprint density at radius 2 is 2.00 bits per heavy atom. The van der Waals surface area contributed by atoms with Gasteiger partial charge in [0.15, 0.2) is 0 Å². The van der Waals surface area contributed by atoms with E-state index in [1.54, 1.807) is 0 Å². The second-order valence-corrected chi connectivity index (χ2v) is 5.14. The summed E-state index contributed by atoms with van der Waals surface area (Å²) < 4.78 is 0. The second-order valence-electron chi connectivity index (χ2n) is 5.14. The topological polar surface area (TPSA) is 63.3 Å². The number of carboxylic acid groups (broad SMARTS) is 1. The summed E-state index contributed by atoms with van der Waals surface area (Å²) in [6.07, 6.45) is 1.44. The van der Waals surface area contributed by atoms with E-state index in [1.165, 1.54) is 0 Å². The number of hydrogen-bond acceptors (Lipinski definition) is 2. The molecule has 1 rings (SSSR count). The molecule has 0 heterocycles. The molecule has 0 aromatic heterocycles. The van der Waals surface area contributed by atoms with Crippen molar-refractivity contribution < 1.29 is 9.90 Å². The van der Waals surface area contributed by atoms with Crippen LogP contribution in [0.4, 0.5) is 0 Å². The highest BCUT2D eigenvalue weighted by molar-refractivity contribution is 5.84. The predicted molar refractivity (Wildman–Crippen MR) is 51.4 cm³/mol. The Balaban J connectivity index is 2.99. The number of aliphatic carboxylic acids is 1. The van der Waals surface area contributed by atoms with Gasteiger partial charge in [-0.05, 0) is 18.3 Å². The first kappa shape index (κ1) is 10.5. The SMILES string of the molecule is CCC1(C(C)(C)C)CC1(N)C(=O)O. The molecule has 0 bridgehead atoms. The summed E-state index contributed by atoms with van der Waals surface area (Å²) in [7, 11) is 0. The molecule has 1 fully saturated rings. The van der Waals surface area contributed by atoms with Crippen LogP contribution in [0.25, 0.3) is 0 Å². The average Bonchev–Trinajstić information content (AvgIpc) is 2.58. The first-order valence-corrected chi connectivity index (χ1v) is 4.73. The van der Waals surface area contributed by atoms with Gasteiger partial charge in [-0.3, -0.25) is 4.79 Å². The van der Waals surface area contributed by atoms with Crippen LogP contribution in [0.3, 0.4) is 0 Å². The molecule has 1 aliphatic carbocycles. The van der Waals surface area contributed by atoms with E-state index in [9.17, 15) is 4.79 Å². The van der Waals surface area contributed by atoms with Gasteiger partial charge in [-0.2, -0.15) is 0 Å². The number of carboxylic acids is 1. The van der Waals surface area contributed by atoms with Crippen molar-refractivity contribution in [3.8, 4) is 0 Å². The van der Waals surface area contributed by atoms with Crippen LogP contribution in [0.5, 0.6) is 0 Å². The Bertz CT molecular complexity index is 244. The third kappa shape index (κ3) is 1.10. The lowest BCUT2D eigenvalue weighted by atomic mass is 9.73. The molecule has 76 valence electrons. The normalized spacial score (nSPS) is 38.8. The summed E-state index contributed by atoms with van der Waals surface area (Å²) in [6, 6.07) is 0. The maximum absolute atomic E-state index is 11.0. The maximum atomic E-state index is 11.0. The van der Waals surface area contributed by atoms with Crippen LogP contribution in [0.15, 0.2) is 0 Å². The van der Waals surface area contributed by atoms with Gasteiger partial charge in [0.1, 0.15) is 5.54 Å². The Hall–Kier alpha value is -0.570. The molecule has 3 N–H and O–H groups in total. The highest BCUT2D eigenvalue weighted by Gasteiger charge is 2.73. The molecule has 0 saturated heterocycles. The van der Waals surface area contributed by atoms with E-state index in [1.807, 2.05) is 6.92 Å². The van der Waals surface area contributed by atoms with E-state index < -0.39 is 11.5 Å². The minimum atomic E-state index is -0.986. The van der Waals surface area contributed by atoms with Crippen LogP contribution >= 0.6 is 0 Å². The summed E-state index contributed by atoms with van der Waals surface area (Å²) in [5.41, 5.74) is 4.63. The lowest BCUT2D eigenvalue weighted by Crippen LogP contribution is -2.44. The van der Waals surface area contributed by atoms with Crippen molar-refractivity contribution in [3.63, 3.8) is 0 Å². The molecular weight excluding hydrogens is 166 g/mol. The van der Waals surface area contributed by atoms with Crippen molar-refractivity contribution in [2.45, 2.75) is 46.1 Å². The van der Waals surface area contributed by atoms with Crippen LogP contribution in [0, 0.1) is 10.8 Å². The molecule has 0 spiro atoms. The standard InChI is InChI=1S/C10H19NO2/c1-5-9(8(2,3)4)6-10(9,11)7(12)13/h5-6,11H2,1-4H3,(H,12,13). The summed E-state index contributed by atoms with van der Waals surface area (Å²) in [4.78, 5) is 11.0. The molecular formula is C10H19NO2. The Morgan fingerprint density at radius 1 is 1.54 bits per heavy atom. The summed E-state index contributed by atoms with van der Waals surface area (Å²) >= 11 is 0. The lowest BCUT2D eigenvalue weighted by molar-refractivity contribution is -0.141. The van der Waals surface area contributed by atoms with Crippen LogP contribution in [0.2, 0.25) is 0 Å². The van der Waals surface area contributed by atoms with Crippen molar-refractivity contribution in [1.29, 1.82) is 0 Å². The molecule has 13 heavy (non-hydrogen) atoms. The smallest absolute Gasteiger partial charge is 0.324 e. The zero-order valence-electron chi connectivity index (χ0n) is 8.85. The van der Waals surface area contributed by atoms with Crippen molar-refractivity contribution in [2.24, 2.45) is 16.6 Å². The third-order valence-electron chi connectivity index (χ3n) is 3.73. The number of hydrogen-bond donors (Lipinski definition) is 2. The predicted octanol–water partition coefficient (Wildman–Crippen LogP) is 1.61. The highest BCUT2D eigenvalue weighted by Crippen LogP contribution is 2.66. The zero-order chi connectivity index (χ0) is 10.5. The van der Waals surface area contributed by atoms with Crippen molar-refractivity contribution in [1.82, 2.24) is 0 Å². The van der Waals surface area contributed by atoms with Crippen molar-refractivity contribution in [2.75, 3.05) is 0 Å². The lowest BCUT2D eigenvalue weighted by Gasteiger charge is -2.33. The molecule has 2 unspecified atom stereocenters. The zero-order valence-corrected chi connectivity index (χ0v) is 8.85. The first-order chi connectivity index (χ1) is 5.71. The molecule has 3 heteroatoms. The molecule has 0 aromatic carbocycles. The Labute approximate surface area is 79.3 Å². The van der Waals surface area contributed by atoms with E-state index >= 15 is 0 Å². The van der Waals surface area contributed by atoms with E-state index in [4.69, 9.17) is 10.8 Å². The fourth-order valence-electron chi connectivity index (χ4n) is 2.62. The molecule has 2 atom stereocenters. The van der Waals surface area contributed by atoms with Gasteiger partial charge in [0.25, 0.3) is 0 Å². The Morgan fingerprint density at radius 3 is 2.08 bits per heavy atom. The van der Waals surface area contributed by atoms with Crippen LogP contribution in [-0.4, -0.2) is 16.6 Å². The van der Waals surface area contributed by atoms with Crippen LogP contribution in [0.1, 0.15) is 40.5 Å². The molecule has 1 aliphatic rings. The molecule has 1 saturated carbocycles. The van der Waals surface area contributed by atoms with E-state index in [0.717, 1.165) is 6.42 Å². The van der Waals surface area contributed by atoms with Gasteiger partial charge in [-0.15, -0.1) is 0 Å². The van der Waals surface area contributed by atoms with Gasteiger partial charge in [0.05, 0.1) is 0 Å². The number of nitrogens with two attached hydrogens (primary N) is 1. The summed E-state index contributed by atoms with van der Waals surface area (Å²) in [5, 5.41) is 9.02. The van der Waals surface area contributed by atoms with Gasteiger partial charge in [0, 0.05) is 5.41 Å². The number of carbonyl (C=O) groups is 1. The fraction of sp³-hybridized carbons (Fsp3) is 0.900. The minimum absolute atomic E-state index is 0.0328. The summed E-state index contributed by atoms with van der Waals surface area (Å²) in [5.74, 6) is -0.857. The highest BCUT2D eigenvalue weighted by atomic mass is 16.4. The van der Waals surface area contributed by atoms with E-state index in [2.05, 4.69) is 20.8 Å². The van der Waals surface area contributed by atoms with Crippen molar-refractivity contribution in [3.05, 3.63) is 0 Å². The quantitative estimate of drug-likeness (QED) is 0.687. The molecule has 0 radical (unpaired) electrons. The number of rotatable bonds is 2. The molecule has 0 aromatic rings. The molecule has 0 aliphatic heterocycles.